The first kappa shape index (κ1) is 15.1. The fourth-order valence-electron chi connectivity index (χ4n) is 2.24. The van der Waals surface area contributed by atoms with Gasteiger partial charge in [-0.1, -0.05) is 13.0 Å². The second kappa shape index (κ2) is 8.12. The first-order valence-corrected chi connectivity index (χ1v) is 7.50. The summed E-state index contributed by atoms with van der Waals surface area (Å²) in [6.07, 6.45) is 1.09. The van der Waals surface area contributed by atoms with Gasteiger partial charge in [0.1, 0.15) is 0 Å². The van der Waals surface area contributed by atoms with E-state index in [1.807, 2.05) is 13.0 Å². The van der Waals surface area contributed by atoms with Gasteiger partial charge in [0.15, 0.2) is 11.5 Å². The molecule has 1 aliphatic heterocycles. The van der Waals surface area contributed by atoms with Crippen molar-refractivity contribution in [1.29, 1.82) is 0 Å². The summed E-state index contributed by atoms with van der Waals surface area (Å²) in [4.78, 5) is 0. The van der Waals surface area contributed by atoms with Crippen LogP contribution in [0.15, 0.2) is 18.2 Å². The Kier molecular flexibility index (Phi) is 6.15. The average Bonchev–Trinajstić information content (AvgIpc) is 2.98. The number of rotatable bonds is 8. The number of hydrogen-bond donors (Lipinski definition) is 1. The summed E-state index contributed by atoms with van der Waals surface area (Å²) < 4.78 is 17.0. The van der Waals surface area contributed by atoms with Gasteiger partial charge in [0.2, 0.25) is 0 Å². The molecule has 1 N–H and O–H groups in total. The first-order chi connectivity index (χ1) is 9.83. The Morgan fingerprint density at radius 2 is 2.15 bits per heavy atom. The van der Waals surface area contributed by atoms with Gasteiger partial charge in [-0.2, -0.15) is 0 Å². The molecule has 1 atom stereocenters. The van der Waals surface area contributed by atoms with E-state index < -0.39 is 0 Å². The molecular weight excluding hydrogens is 254 g/mol. The highest BCUT2D eigenvalue weighted by atomic mass is 16.5. The maximum Gasteiger partial charge on any atom is 0.161 e. The van der Waals surface area contributed by atoms with E-state index in [1.54, 1.807) is 0 Å². The molecule has 1 unspecified atom stereocenters. The number of hydrogen-bond acceptors (Lipinski definition) is 4. The summed E-state index contributed by atoms with van der Waals surface area (Å²) in [6, 6.07) is 6.16. The Morgan fingerprint density at radius 3 is 2.85 bits per heavy atom. The molecule has 1 fully saturated rings. The molecule has 0 radical (unpaired) electrons. The molecule has 20 heavy (non-hydrogen) atoms. The van der Waals surface area contributed by atoms with Crippen LogP contribution in [0.1, 0.15) is 25.8 Å². The van der Waals surface area contributed by atoms with Crippen molar-refractivity contribution in [2.45, 2.75) is 26.8 Å². The average molecular weight is 279 g/mol. The van der Waals surface area contributed by atoms with Crippen molar-refractivity contribution in [3.8, 4) is 11.5 Å². The fraction of sp³-hybridized carbons (Fsp3) is 0.625. The molecule has 0 aliphatic carbocycles. The predicted octanol–water partition coefficient (Wildman–Crippen LogP) is 2.61. The second-order valence-electron chi connectivity index (χ2n) is 5.04. The molecule has 1 aliphatic rings. The van der Waals surface area contributed by atoms with Gasteiger partial charge in [-0.3, -0.25) is 0 Å². The third kappa shape index (κ3) is 4.39. The molecule has 4 nitrogen and oxygen atoms in total. The van der Waals surface area contributed by atoms with E-state index >= 15 is 0 Å². The zero-order valence-electron chi connectivity index (χ0n) is 12.5. The predicted molar refractivity (Wildman–Crippen MR) is 79.4 cm³/mol. The fourth-order valence-corrected chi connectivity index (χ4v) is 2.24. The minimum Gasteiger partial charge on any atom is -0.490 e. The first-order valence-electron chi connectivity index (χ1n) is 7.50. The minimum atomic E-state index is 0.505. The van der Waals surface area contributed by atoms with E-state index in [0.717, 1.165) is 44.2 Å². The van der Waals surface area contributed by atoms with Crippen LogP contribution in [0.2, 0.25) is 0 Å². The van der Waals surface area contributed by atoms with Gasteiger partial charge in [0, 0.05) is 19.1 Å². The molecule has 112 valence electrons. The van der Waals surface area contributed by atoms with Crippen LogP contribution in [0.25, 0.3) is 0 Å². The summed E-state index contributed by atoms with van der Waals surface area (Å²) in [5, 5.41) is 3.32. The summed E-state index contributed by atoms with van der Waals surface area (Å²) in [5.41, 5.74) is 1.21. The maximum absolute atomic E-state index is 5.91. The molecule has 0 spiro atoms. The zero-order valence-corrected chi connectivity index (χ0v) is 12.5. The van der Waals surface area contributed by atoms with E-state index in [2.05, 4.69) is 24.4 Å². The van der Waals surface area contributed by atoms with Crippen LogP contribution in [0.4, 0.5) is 0 Å². The van der Waals surface area contributed by atoms with Crippen LogP contribution in [0.3, 0.4) is 0 Å². The van der Waals surface area contributed by atoms with Crippen LogP contribution < -0.4 is 14.8 Å². The van der Waals surface area contributed by atoms with Crippen LogP contribution in [-0.4, -0.2) is 33.0 Å². The summed E-state index contributed by atoms with van der Waals surface area (Å²) in [5.74, 6) is 2.17. The normalized spacial score (nSPS) is 18.2. The topological polar surface area (TPSA) is 39.7 Å². The highest BCUT2D eigenvalue weighted by molar-refractivity contribution is 5.43. The van der Waals surface area contributed by atoms with Gasteiger partial charge in [-0.15, -0.1) is 0 Å². The van der Waals surface area contributed by atoms with Gasteiger partial charge in [-0.25, -0.2) is 0 Å². The van der Waals surface area contributed by atoms with Crippen molar-refractivity contribution in [1.82, 2.24) is 5.32 Å². The van der Waals surface area contributed by atoms with Crippen LogP contribution in [-0.2, 0) is 11.3 Å². The van der Waals surface area contributed by atoms with Crippen LogP contribution in [0.5, 0.6) is 11.5 Å². The van der Waals surface area contributed by atoms with Crippen LogP contribution >= 0.6 is 0 Å². The molecule has 0 saturated carbocycles. The Hall–Kier alpha value is -1.26. The van der Waals surface area contributed by atoms with Crippen molar-refractivity contribution < 1.29 is 14.2 Å². The molecule has 2 rings (SSSR count). The molecule has 0 aromatic heterocycles. The van der Waals surface area contributed by atoms with Gasteiger partial charge in [0.05, 0.1) is 19.8 Å². The Morgan fingerprint density at radius 1 is 1.25 bits per heavy atom. The van der Waals surface area contributed by atoms with Crippen molar-refractivity contribution in [3.63, 3.8) is 0 Å². The SMILES string of the molecule is CCNCc1ccc(OCC2CCOC2)c(OCC)c1. The van der Waals surface area contributed by atoms with Gasteiger partial charge in [0.25, 0.3) is 0 Å². The Labute approximate surface area is 121 Å². The molecular formula is C16H25NO3. The summed E-state index contributed by atoms with van der Waals surface area (Å²) >= 11 is 0. The van der Waals surface area contributed by atoms with E-state index in [4.69, 9.17) is 14.2 Å². The monoisotopic (exact) mass is 279 g/mol. The Bertz CT molecular complexity index is 403. The number of benzene rings is 1. The zero-order chi connectivity index (χ0) is 14.2. The number of nitrogens with one attached hydrogen (secondary N) is 1. The quantitative estimate of drug-likeness (QED) is 0.794. The minimum absolute atomic E-state index is 0.505. The lowest BCUT2D eigenvalue weighted by molar-refractivity contribution is 0.165. The molecule has 1 aromatic rings. The van der Waals surface area contributed by atoms with Gasteiger partial charge < -0.3 is 19.5 Å². The molecule has 1 aromatic carbocycles. The lowest BCUT2D eigenvalue weighted by Gasteiger charge is -2.15. The van der Waals surface area contributed by atoms with Crippen molar-refractivity contribution >= 4 is 0 Å². The third-order valence-electron chi connectivity index (χ3n) is 3.39. The number of ether oxygens (including phenoxy) is 3. The van der Waals surface area contributed by atoms with Crippen molar-refractivity contribution in [2.24, 2.45) is 5.92 Å². The summed E-state index contributed by atoms with van der Waals surface area (Å²) in [7, 11) is 0. The second-order valence-corrected chi connectivity index (χ2v) is 5.04. The van der Waals surface area contributed by atoms with Crippen molar-refractivity contribution in [3.05, 3.63) is 23.8 Å². The molecule has 1 saturated heterocycles. The van der Waals surface area contributed by atoms with Gasteiger partial charge in [-0.05, 0) is 37.6 Å². The molecule has 0 bridgehead atoms. The molecule has 1 heterocycles. The van der Waals surface area contributed by atoms with E-state index in [9.17, 15) is 0 Å². The van der Waals surface area contributed by atoms with Crippen molar-refractivity contribution in [2.75, 3.05) is 33.0 Å². The highest BCUT2D eigenvalue weighted by Crippen LogP contribution is 2.29. The summed E-state index contributed by atoms with van der Waals surface area (Å²) in [6.45, 7) is 8.92. The van der Waals surface area contributed by atoms with Crippen LogP contribution in [0, 0.1) is 5.92 Å². The van der Waals surface area contributed by atoms with E-state index in [1.165, 1.54) is 5.56 Å². The largest absolute Gasteiger partial charge is 0.490 e. The standard InChI is InChI=1S/C16H25NO3/c1-3-17-10-13-5-6-15(16(9-13)19-4-2)20-12-14-7-8-18-11-14/h5-6,9,14,17H,3-4,7-8,10-12H2,1-2H3. The van der Waals surface area contributed by atoms with E-state index in [-0.39, 0.29) is 0 Å². The van der Waals surface area contributed by atoms with Gasteiger partial charge >= 0.3 is 0 Å². The smallest absolute Gasteiger partial charge is 0.161 e. The van der Waals surface area contributed by atoms with E-state index in [0.29, 0.717) is 19.1 Å². The third-order valence-corrected chi connectivity index (χ3v) is 3.39. The molecule has 4 heteroatoms. The maximum atomic E-state index is 5.91. The lowest BCUT2D eigenvalue weighted by Crippen LogP contribution is -2.13. The highest BCUT2D eigenvalue weighted by Gasteiger charge is 2.17. The molecule has 0 amide bonds. The Balaban J connectivity index is 1.98. The lowest BCUT2D eigenvalue weighted by atomic mass is 10.1.